The summed E-state index contributed by atoms with van der Waals surface area (Å²) in [5.74, 6) is 1.80. The molecule has 74 valence electrons. The van der Waals surface area contributed by atoms with Crippen molar-refractivity contribution in [1.82, 2.24) is 0 Å². The molecular formula is C10H12N2O2. The molecule has 1 fully saturated rings. The fraction of sp³-hybridized carbons (Fsp3) is 0.700. The molecule has 4 nitrogen and oxygen atoms in total. The number of nitrogens with zero attached hydrogens (tertiary/aromatic N) is 2. The van der Waals surface area contributed by atoms with Gasteiger partial charge in [0.05, 0.1) is 5.41 Å². The van der Waals surface area contributed by atoms with Gasteiger partial charge in [-0.25, -0.2) is 0 Å². The van der Waals surface area contributed by atoms with Gasteiger partial charge >= 0.3 is 5.97 Å². The molecule has 0 aromatic rings. The van der Waals surface area contributed by atoms with Crippen molar-refractivity contribution in [2.45, 2.75) is 37.8 Å². The van der Waals surface area contributed by atoms with Gasteiger partial charge in [-0.2, -0.15) is 10.2 Å². The Morgan fingerprint density at radius 2 is 2.14 bits per heavy atom. The lowest BCUT2D eigenvalue weighted by Crippen LogP contribution is -2.49. The predicted octanol–water partition coefficient (Wildman–Crippen LogP) is 1.82. The average Bonchev–Trinajstić information content (AvgIpc) is 2.82. The lowest BCUT2D eigenvalue weighted by molar-refractivity contribution is -0.158. The van der Waals surface area contributed by atoms with Crippen molar-refractivity contribution in [3.8, 4) is 12.3 Å². The molecule has 0 saturated heterocycles. The molecule has 1 aliphatic heterocycles. The van der Waals surface area contributed by atoms with Crippen LogP contribution in [0.15, 0.2) is 10.2 Å². The summed E-state index contributed by atoms with van der Waals surface area (Å²) in [4.78, 5) is 11.1. The number of unbranched alkanes of at least 4 members (excludes halogenated alkanes) is 1. The maximum atomic E-state index is 11.1. The van der Waals surface area contributed by atoms with E-state index in [9.17, 15) is 4.79 Å². The molecule has 1 aliphatic carbocycles. The van der Waals surface area contributed by atoms with Gasteiger partial charge in [0.15, 0.2) is 5.66 Å². The molecule has 2 aliphatic rings. The molecule has 1 heterocycles. The van der Waals surface area contributed by atoms with Crippen molar-refractivity contribution in [3.05, 3.63) is 0 Å². The molecule has 0 radical (unpaired) electrons. The summed E-state index contributed by atoms with van der Waals surface area (Å²) in [6.45, 7) is 0. The fourth-order valence-corrected chi connectivity index (χ4v) is 2.21. The van der Waals surface area contributed by atoms with Crippen molar-refractivity contribution >= 4 is 5.97 Å². The van der Waals surface area contributed by atoms with E-state index in [0.717, 1.165) is 6.42 Å². The number of hydrogen-bond donors (Lipinski definition) is 1. The molecule has 2 rings (SSSR count). The third kappa shape index (κ3) is 1.29. The predicted molar refractivity (Wildman–Crippen MR) is 49.6 cm³/mol. The number of rotatable bonds is 4. The molecule has 1 spiro atoms. The van der Waals surface area contributed by atoms with Crippen LogP contribution in [0.2, 0.25) is 0 Å². The first-order chi connectivity index (χ1) is 6.63. The van der Waals surface area contributed by atoms with E-state index < -0.39 is 11.4 Å². The van der Waals surface area contributed by atoms with Gasteiger partial charge in [0.2, 0.25) is 0 Å². The lowest BCUT2D eigenvalue weighted by Gasteiger charge is -2.41. The minimum atomic E-state index is -0.725. The van der Waals surface area contributed by atoms with Crippen LogP contribution in [0, 0.1) is 17.8 Å². The highest BCUT2D eigenvalue weighted by molar-refractivity contribution is 5.77. The quantitative estimate of drug-likeness (QED) is 0.545. The summed E-state index contributed by atoms with van der Waals surface area (Å²) in [7, 11) is 0. The van der Waals surface area contributed by atoms with Gasteiger partial charge < -0.3 is 5.11 Å². The summed E-state index contributed by atoms with van der Waals surface area (Å²) in [5, 5.41) is 16.8. The van der Waals surface area contributed by atoms with E-state index in [1.165, 1.54) is 0 Å². The first-order valence-corrected chi connectivity index (χ1v) is 4.73. The van der Waals surface area contributed by atoms with Crippen LogP contribution < -0.4 is 0 Å². The highest BCUT2D eigenvalue weighted by Gasteiger charge is 2.64. The second-order valence-electron chi connectivity index (χ2n) is 4.18. The standard InChI is InChI=1S/C10H12N2O2/c1-2-3-4-5-9(8(13)14)6-10(7-9)11-12-10/h1H,3-7H2,(H,13,14). The van der Waals surface area contributed by atoms with E-state index in [-0.39, 0.29) is 5.66 Å². The maximum absolute atomic E-state index is 11.1. The normalized spacial score (nSPS) is 23.9. The third-order valence-electron chi connectivity index (χ3n) is 3.06. The zero-order valence-electron chi connectivity index (χ0n) is 7.86. The van der Waals surface area contributed by atoms with Crippen molar-refractivity contribution in [3.63, 3.8) is 0 Å². The van der Waals surface area contributed by atoms with Gasteiger partial charge in [0, 0.05) is 19.3 Å². The molecular weight excluding hydrogens is 180 g/mol. The minimum absolute atomic E-state index is 0.297. The Morgan fingerprint density at radius 1 is 1.50 bits per heavy atom. The average molecular weight is 192 g/mol. The number of carbonyl (C=O) groups is 1. The first-order valence-electron chi connectivity index (χ1n) is 4.73. The number of aliphatic carboxylic acids is 1. The Balaban J connectivity index is 1.90. The lowest BCUT2D eigenvalue weighted by atomic mass is 9.61. The van der Waals surface area contributed by atoms with Crippen molar-refractivity contribution in [2.75, 3.05) is 0 Å². The van der Waals surface area contributed by atoms with Crippen LogP contribution in [0.4, 0.5) is 0 Å². The van der Waals surface area contributed by atoms with Gasteiger partial charge in [-0.15, -0.1) is 12.3 Å². The van der Waals surface area contributed by atoms with Gasteiger partial charge in [-0.1, -0.05) is 0 Å². The molecule has 0 aromatic heterocycles. The molecule has 0 aromatic carbocycles. The van der Waals surface area contributed by atoms with Gasteiger partial charge in [0.1, 0.15) is 0 Å². The van der Waals surface area contributed by atoms with E-state index >= 15 is 0 Å². The Morgan fingerprint density at radius 3 is 2.57 bits per heavy atom. The smallest absolute Gasteiger partial charge is 0.309 e. The molecule has 14 heavy (non-hydrogen) atoms. The Hall–Kier alpha value is -1.37. The summed E-state index contributed by atoms with van der Waals surface area (Å²) in [6, 6.07) is 0. The zero-order valence-corrected chi connectivity index (χ0v) is 7.86. The van der Waals surface area contributed by atoms with Crippen LogP contribution in [-0.4, -0.2) is 16.7 Å². The van der Waals surface area contributed by atoms with E-state index in [2.05, 4.69) is 16.1 Å². The Kier molecular flexibility index (Phi) is 1.84. The topological polar surface area (TPSA) is 62.0 Å². The van der Waals surface area contributed by atoms with Crippen molar-refractivity contribution in [1.29, 1.82) is 0 Å². The Labute approximate surface area is 82.4 Å². The number of hydrogen-bond acceptors (Lipinski definition) is 3. The highest BCUT2D eigenvalue weighted by Crippen LogP contribution is 2.60. The third-order valence-corrected chi connectivity index (χ3v) is 3.06. The van der Waals surface area contributed by atoms with Crippen LogP contribution in [0.3, 0.4) is 0 Å². The monoisotopic (exact) mass is 192 g/mol. The zero-order chi connectivity index (χ0) is 10.2. The highest BCUT2D eigenvalue weighted by atomic mass is 16.4. The number of carboxylic acid groups (broad SMARTS) is 1. The molecule has 0 amide bonds. The second-order valence-corrected chi connectivity index (χ2v) is 4.18. The molecule has 1 saturated carbocycles. The van der Waals surface area contributed by atoms with E-state index in [1.54, 1.807) is 0 Å². The molecule has 1 N–H and O–H groups in total. The minimum Gasteiger partial charge on any atom is -0.481 e. The van der Waals surface area contributed by atoms with Crippen molar-refractivity contribution < 1.29 is 9.90 Å². The van der Waals surface area contributed by atoms with Crippen LogP contribution in [-0.2, 0) is 4.79 Å². The molecule has 0 bridgehead atoms. The first kappa shape index (κ1) is 9.20. The second kappa shape index (κ2) is 2.81. The maximum Gasteiger partial charge on any atom is 0.309 e. The van der Waals surface area contributed by atoms with Gasteiger partial charge in [0.25, 0.3) is 0 Å². The van der Waals surface area contributed by atoms with Crippen molar-refractivity contribution in [2.24, 2.45) is 15.6 Å². The van der Waals surface area contributed by atoms with Gasteiger partial charge in [-0.3, -0.25) is 4.79 Å². The summed E-state index contributed by atoms with van der Waals surface area (Å²) >= 11 is 0. The van der Waals surface area contributed by atoms with Crippen LogP contribution in [0.1, 0.15) is 32.1 Å². The van der Waals surface area contributed by atoms with Crippen LogP contribution in [0.5, 0.6) is 0 Å². The molecule has 0 unspecified atom stereocenters. The summed E-state index contributed by atoms with van der Waals surface area (Å²) in [5.41, 5.74) is -0.894. The fourth-order valence-electron chi connectivity index (χ4n) is 2.21. The summed E-state index contributed by atoms with van der Waals surface area (Å²) in [6.07, 6.45) is 8.34. The van der Waals surface area contributed by atoms with Crippen LogP contribution in [0.25, 0.3) is 0 Å². The molecule has 4 heteroatoms. The van der Waals surface area contributed by atoms with Crippen LogP contribution >= 0.6 is 0 Å². The summed E-state index contributed by atoms with van der Waals surface area (Å²) < 4.78 is 0. The molecule has 0 atom stereocenters. The van der Waals surface area contributed by atoms with E-state index in [4.69, 9.17) is 11.5 Å². The number of terminal acetylenes is 1. The number of carboxylic acids is 1. The Bertz CT molecular complexity index is 327. The SMILES string of the molecule is C#CCCCC1(C(=O)O)CC2(C1)N=N2. The van der Waals surface area contributed by atoms with E-state index in [1.807, 2.05) is 0 Å². The van der Waals surface area contributed by atoms with E-state index in [0.29, 0.717) is 25.7 Å². The largest absolute Gasteiger partial charge is 0.481 e. The van der Waals surface area contributed by atoms with Gasteiger partial charge in [-0.05, 0) is 12.8 Å².